The maximum atomic E-state index is 14.3. The van der Waals surface area contributed by atoms with E-state index in [-0.39, 0.29) is 24.4 Å². The Hall–Kier alpha value is -3.53. The lowest BCUT2D eigenvalue weighted by Gasteiger charge is -2.10. The summed E-state index contributed by atoms with van der Waals surface area (Å²) in [6, 6.07) is 14.0. The van der Waals surface area contributed by atoms with Crippen LogP contribution in [0.5, 0.6) is 0 Å². The number of carboxylic acids is 1. The summed E-state index contributed by atoms with van der Waals surface area (Å²) in [5.41, 5.74) is 2.39. The fraction of sp³-hybridized carbons (Fsp3) is 0.292. The Morgan fingerprint density at radius 1 is 1.13 bits per heavy atom. The van der Waals surface area contributed by atoms with Crippen LogP contribution in [0.15, 0.2) is 48.5 Å². The molecule has 0 fully saturated rings. The van der Waals surface area contributed by atoms with Gasteiger partial charge in [0.15, 0.2) is 0 Å². The molecule has 160 valence electrons. The van der Waals surface area contributed by atoms with Crippen molar-refractivity contribution in [3.63, 3.8) is 0 Å². The van der Waals surface area contributed by atoms with E-state index >= 15 is 0 Å². The molecule has 0 aliphatic carbocycles. The van der Waals surface area contributed by atoms with Crippen molar-refractivity contribution in [1.29, 1.82) is 0 Å². The Morgan fingerprint density at radius 2 is 1.84 bits per heavy atom. The van der Waals surface area contributed by atoms with Crippen LogP contribution < -0.4 is 0 Å². The highest BCUT2D eigenvalue weighted by Gasteiger charge is 2.36. The highest BCUT2D eigenvalue weighted by Crippen LogP contribution is 2.30. The lowest BCUT2D eigenvalue weighted by atomic mass is 9.99. The first-order chi connectivity index (χ1) is 14.9. The van der Waals surface area contributed by atoms with Gasteiger partial charge < -0.3 is 5.11 Å². The molecule has 0 amide bonds. The zero-order valence-electron chi connectivity index (χ0n) is 17.4. The number of carbonyl (C=O) groups is 1. The van der Waals surface area contributed by atoms with Crippen molar-refractivity contribution >= 4 is 5.97 Å². The molecule has 1 aromatic heterocycles. The first-order valence-electron chi connectivity index (χ1n) is 10.1. The van der Waals surface area contributed by atoms with Crippen molar-refractivity contribution in [1.82, 2.24) is 14.8 Å². The molecule has 0 aliphatic rings. The molecular weight excluding hydrogens is 400 g/mol. The molecular formula is C24H23F2N3O2. The number of alkyl halides is 2. The molecule has 5 nitrogen and oxygen atoms in total. The summed E-state index contributed by atoms with van der Waals surface area (Å²) in [6.07, 6.45) is 0.567. The second kappa shape index (κ2) is 9.52. The van der Waals surface area contributed by atoms with Gasteiger partial charge in [0.05, 0.1) is 12.1 Å². The van der Waals surface area contributed by atoms with Crippen LogP contribution in [-0.4, -0.2) is 25.8 Å². The molecule has 0 saturated heterocycles. The fourth-order valence-electron chi connectivity index (χ4n) is 3.18. The minimum atomic E-state index is -3.10. The van der Waals surface area contributed by atoms with Crippen molar-refractivity contribution < 1.29 is 18.7 Å². The summed E-state index contributed by atoms with van der Waals surface area (Å²) < 4.78 is 30.0. The van der Waals surface area contributed by atoms with Crippen molar-refractivity contribution in [3.05, 3.63) is 71.3 Å². The minimum absolute atomic E-state index is 0.202. The van der Waals surface area contributed by atoms with Crippen molar-refractivity contribution in [2.24, 2.45) is 0 Å². The number of halogens is 2. The van der Waals surface area contributed by atoms with Crippen LogP contribution in [0.1, 0.15) is 60.7 Å². The van der Waals surface area contributed by atoms with E-state index in [0.717, 1.165) is 11.1 Å². The van der Waals surface area contributed by atoms with Gasteiger partial charge in [-0.3, -0.25) is 0 Å². The quantitative estimate of drug-likeness (QED) is 0.521. The molecule has 1 N–H and O–H groups in total. The largest absolute Gasteiger partial charge is 0.478 e. The second-order valence-electron chi connectivity index (χ2n) is 7.07. The van der Waals surface area contributed by atoms with Crippen molar-refractivity contribution in [2.45, 2.75) is 45.6 Å². The number of nitrogens with zero attached hydrogens (tertiary/aromatic N) is 3. The first kappa shape index (κ1) is 22.2. The molecule has 0 bridgehead atoms. The molecule has 3 aromatic rings. The van der Waals surface area contributed by atoms with E-state index < -0.39 is 17.7 Å². The number of hydrogen-bond acceptors (Lipinski definition) is 3. The van der Waals surface area contributed by atoms with Crippen molar-refractivity contribution in [2.75, 3.05) is 0 Å². The third-order valence-corrected chi connectivity index (χ3v) is 4.69. The third-order valence-electron chi connectivity index (χ3n) is 4.69. The predicted molar refractivity (Wildman–Crippen MR) is 114 cm³/mol. The van der Waals surface area contributed by atoms with E-state index in [4.69, 9.17) is 0 Å². The van der Waals surface area contributed by atoms with Crippen LogP contribution in [0.3, 0.4) is 0 Å². The summed E-state index contributed by atoms with van der Waals surface area (Å²) in [6.45, 7) is 3.78. The van der Waals surface area contributed by atoms with Gasteiger partial charge in [-0.25, -0.2) is 9.48 Å². The number of hydrogen-bond donors (Lipinski definition) is 1. The van der Waals surface area contributed by atoms with E-state index in [1.807, 2.05) is 19.1 Å². The lowest BCUT2D eigenvalue weighted by Crippen LogP contribution is -2.15. The highest BCUT2D eigenvalue weighted by atomic mass is 19.3. The fourth-order valence-corrected chi connectivity index (χ4v) is 3.18. The van der Waals surface area contributed by atoms with Crippen LogP contribution in [0, 0.1) is 11.8 Å². The zero-order chi connectivity index (χ0) is 22.4. The van der Waals surface area contributed by atoms with Crippen molar-refractivity contribution in [3.8, 4) is 23.0 Å². The minimum Gasteiger partial charge on any atom is -0.478 e. The Bertz CT molecular complexity index is 1130. The molecule has 1 heterocycles. The molecule has 0 radical (unpaired) electrons. The Morgan fingerprint density at radius 3 is 2.48 bits per heavy atom. The van der Waals surface area contributed by atoms with Crippen LogP contribution in [0.25, 0.3) is 11.1 Å². The average Bonchev–Trinajstić information content (AvgIpc) is 3.16. The third kappa shape index (κ3) is 5.15. The van der Waals surface area contributed by atoms with E-state index in [1.165, 1.54) is 4.68 Å². The molecule has 2 aromatic carbocycles. The number of benzene rings is 2. The molecule has 0 spiro atoms. The van der Waals surface area contributed by atoms with Crippen LogP contribution in [0.4, 0.5) is 8.78 Å². The topological polar surface area (TPSA) is 68.0 Å². The van der Waals surface area contributed by atoms with Gasteiger partial charge in [-0.2, -0.15) is 13.8 Å². The summed E-state index contributed by atoms with van der Waals surface area (Å²) in [5, 5.41) is 13.4. The smallest absolute Gasteiger partial charge is 0.336 e. The van der Waals surface area contributed by atoms with Crippen LogP contribution >= 0.6 is 0 Å². The number of rotatable bonds is 7. The maximum absolute atomic E-state index is 14.3. The van der Waals surface area contributed by atoms with Gasteiger partial charge in [-0.15, -0.1) is 5.10 Å². The lowest BCUT2D eigenvalue weighted by molar-refractivity contribution is -0.0232. The first-order valence-corrected chi connectivity index (χ1v) is 10.1. The molecule has 7 heteroatoms. The van der Waals surface area contributed by atoms with Gasteiger partial charge in [0.1, 0.15) is 0 Å². The molecule has 0 unspecified atom stereocenters. The van der Waals surface area contributed by atoms with Gasteiger partial charge in [0.25, 0.3) is 0 Å². The summed E-state index contributed by atoms with van der Waals surface area (Å²) in [7, 11) is 0. The van der Waals surface area contributed by atoms with Gasteiger partial charge >= 0.3 is 11.9 Å². The predicted octanol–water partition coefficient (Wildman–Crippen LogP) is 5.35. The monoisotopic (exact) mass is 423 g/mol. The van der Waals surface area contributed by atoms with Gasteiger partial charge in [0.2, 0.25) is 11.6 Å². The maximum Gasteiger partial charge on any atom is 0.336 e. The molecule has 31 heavy (non-hydrogen) atoms. The zero-order valence-corrected chi connectivity index (χ0v) is 17.4. The molecule has 0 saturated carbocycles. The number of aromatic carboxylic acids is 1. The molecule has 0 atom stereocenters. The second-order valence-corrected chi connectivity index (χ2v) is 7.07. The average molecular weight is 423 g/mol. The summed E-state index contributed by atoms with van der Waals surface area (Å²) in [4.78, 5) is 15.5. The van der Waals surface area contributed by atoms with Gasteiger partial charge in [0, 0.05) is 12.8 Å². The normalized spacial score (nSPS) is 11.1. The standard InChI is InChI=1S/C24H23F2N3O2/c1-3-5-10-21-27-23(24(25,26)15-4-2)28-29(21)16-17-11-13-18(14-12-17)19-8-6-7-9-20(19)22(30)31/h6-9,11-14H,3-4,15-16H2,1-2H3,(H,30,31). The van der Waals surface area contributed by atoms with E-state index in [9.17, 15) is 18.7 Å². The Kier molecular flexibility index (Phi) is 6.81. The van der Waals surface area contributed by atoms with Gasteiger partial charge in [-0.05, 0) is 35.1 Å². The summed E-state index contributed by atoms with van der Waals surface area (Å²) in [5.74, 6) is 1.26. The van der Waals surface area contributed by atoms with Gasteiger partial charge in [-0.1, -0.05) is 62.2 Å². The van der Waals surface area contributed by atoms with Crippen LogP contribution in [-0.2, 0) is 12.5 Å². The molecule has 0 aliphatic heterocycles. The number of carboxylic acid groups (broad SMARTS) is 1. The van der Waals surface area contributed by atoms with E-state index in [1.54, 1.807) is 43.3 Å². The Labute approximate surface area is 179 Å². The highest BCUT2D eigenvalue weighted by molar-refractivity contribution is 5.95. The van der Waals surface area contributed by atoms with Crippen LogP contribution in [0.2, 0.25) is 0 Å². The van der Waals surface area contributed by atoms with E-state index in [2.05, 4.69) is 21.9 Å². The molecule has 3 rings (SSSR count). The summed E-state index contributed by atoms with van der Waals surface area (Å²) >= 11 is 0. The Balaban J connectivity index is 1.91. The van der Waals surface area contributed by atoms with E-state index in [0.29, 0.717) is 18.4 Å². The SMILES string of the molecule is CCC#Cc1nc(C(F)(F)CCC)nn1Cc1ccc(-c2ccccc2C(=O)O)cc1. The number of aromatic nitrogens is 3.